The average molecular weight is 357 g/mol. The maximum atomic E-state index is 12.6. The Labute approximate surface area is 140 Å². The molecule has 1 aliphatic heterocycles. The number of hydrogen-bond acceptors (Lipinski definition) is 6. The van der Waals surface area contributed by atoms with Crippen molar-refractivity contribution in [3.8, 4) is 0 Å². The summed E-state index contributed by atoms with van der Waals surface area (Å²) in [5.41, 5.74) is 0.303. The molecule has 24 heavy (non-hydrogen) atoms. The van der Waals surface area contributed by atoms with Gasteiger partial charge < -0.3 is 4.74 Å². The number of non-ortho nitro benzene ring substituents is 1. The molecule has 132 valence electrons. The highest BCUT2D eigenvalue weighted by molar-refractivity contribution is 7.88. The molecule has 2 rings (SSSR count). The molecule has 1 saturated heterocycles. The summed E-state index contributed by atoms with van der Waals surface area (Å²) in [4.78, 5) is 22.0. The molecule has 0 bridgehead atoms. The van der Waals surface area contributed by atoms with Crippen molar-refractivity contribution in [3.63, 3.8) is 0 Å². The second-order valence-corrected chi connectivity index (χ2v) is 7.13. The number of nitro groups is 1. The maximum Gasteiger partial charge on any atom is 0.425 e. The van der Waals surface area contributed by atoms with Gasteiger partial charge in [0, 0.05) is 25.2 Å². The molecule has 0 atom stereocenters. The van der Waals surface area contributed by atoms with E-state index in [-0.39, 0.29) is 31.1 Å². The number of rotatable bonds is 5. The maximum absolute atomic E-state index is 12.6. The molecule has 0 aliphatic carbocycles. The molecule has 0 aromatic heterocycles. The number of carbonyl (C=O) groups is 1. The molecule has 1 amide bonds. The first-order valence-electron chi connectivity index (χ1n) is 7.53. The van der Waals surface area contributed by atoms with E-state index in [1.165, 1.54) is 24.3 Å². The van der Waals surface area contributed by atoms with Crippen molar-refractivity contribution in [2.75, 3.05) is 19.7 Å². The van der Waals surface area contributed by atoms with E-state index in [4.69, 9.17) is 4.74 Å². The van der Waals surface area contributed by atoms with Crippen LogP contribution in [-0.2, 0) is 20.5 Å². The van der Waals surface area contributed by atoms with Gasteiger partial charge in [0.2, 0.25) is 10.0 Å². The molecular weight excluding hydrogens is 338 g/mol. The third kappa shape index (κ3) is 4.20. The number of hydrogen-bond donors (Lipinski definition) is 0. The number of sulfonamides is 1. The zero-order chi connectivity index (χ0) is 17.7. The number of ether oxygens (including phenoxy) is 1. The summed E-state index contributed by atoms with van der Waals surface area (Å²) >= 11 is 0. The van der Waals surface area contributed by atoms with E-state index in [2.05, 4.69) is 0 Å². The van der Waals surface area contributed by atoms with Crippen LogP contribution in [0.3, 0.4) is 0 Å². The van der Waals surface area contributed by atoms with Crippen molar-refractivity contribution in [2.24, 2.45) is 0 Å². The van der Waals surface area contributed by atoms with Gasteiger partial charge in [0.15, 0.2) is 0 Å². The molecule has 1 aromatic rings. The number of benzene rings is 1. The summed E-state index contributed by atoms with van der Waals surface area (Å²) in [6, 6.07) is 5.30. The van der Waals surface area contributed by atoms with Crippen LogP contribution in [-0.4, -0.2) is 48.6 Å². The summed E-state index contributed by atoms with van der Waals surface area (Å²) in [6.45, 7) is 2.29. The second-order valence-electron chi connectivity index (χ2n) is 5.25. The number of amides is 1. The lowest BCUT2D eigenvalue weighted by Crippen LogP contribution is -2.53. The molecule has 0 N–H and O–H groups in total. The van der Waals surface area contributed by atoms with Crippen molar-refractivity contribution in [2.45, 2.75) is 25.5 Å². The minimum Gasteiger partial charge on any atom is -0.449 e. The van der Waals surface area contributed by atoms with Crippen molar-refractivity contribution < 1.29 is 22.9 Å². The van der Waals surface area contributed by atoms with Gasteiger partial charge >= 0.3 is 6.09 Å². The first-order valence-corrected chi connectivity index (χ1v) is 9.14. The SMILES string of the molecule is CCOC(=O)N1CCCCN1S(=O)(=O)Cc1ccc([N+](=O)[O-])cc1. The van der Waals surface area contributed by atoms with Gasteiger partial charge in [-0.1, -0.05) is 12.1 Å². The monoisotopic (exact) mass is 357 g/mol. The smallest absolute Gasteiger partial charge is 0.425 e. The van der Waals surface area contributed by atoms with Gasteiger partial charge in [-0.05, 0) is 25.3 Å². The van der Waals surface area contributed by atoms with Crippen molar-refractivity contribution in [3.05, 3.63) is 39.9 Å². The lowest BCUT2D eigenvalue weighted by molar-refractivity contribution is -0.384. The first kappa shape index (κ1) is 18.1. The molecule has 1 fully saturated rings. The van der Waals surface area contributed by atoms with Crippen molar-refractivity contribution in [1.29, 1.82) is 0 Å². The fraction of sp³-hybridized carbons (Fsp3) is 0.500. The van der Waals surface area contributed by atoms with E-state index >= 15 is 0 Å². The van der Waals surface area contributed by atoms with Crippen molar-refractivity contribution in [1.82, 2.24) is 9.42 Å². The highest BCUT2D eigenvalue weighted by Crippen LogP contribution is 2.21. The van der Waals surface area contributed by atoms with Crippen LogP contribution in [0.1, 0.15) is 25.3 Å². The summed E-state index contributed by atoms with van der Waals surface area (Å²) in [7, 11) is -3.79. The molecule has 0 unspecified atom stereocenters. The van der Waals surface area contributed by atoms with Gasteiger partial charge in [-0.2, -0.15) is 0 Å². The molecular formula is C14H19N3O6S. The van der Waals surface area contributed by atoms with Gasteiger partial charge in [0.1, 0.15) is 0 Å². The lowest BCUT2D eigenvalue weighted by atomic mass is 10.2. The topological polar surface area (TPSA) is 110 Å². The van der Waals surface area contributed by atoms with Crippen LogP contribution in [0, 0.1) is 10.1 Å². The standard InChI is InChI=1S/C14H19N3O6S/c1-2-23-14(18)15-9-3-4-10-16(15)24(21,22)11-12-5-7-13(8-6-12)17(19)20/h5-8H,2-4,9-11H2,1H3. The summed E-state index contributed by atoms with van der Waals surface area (Å²) in [6.07, 6.45) is 0.655. The zero-order valence-electron chi connectivity index (χ0n) is 13.3. The predicted molar refractivity (Wildman–Crippen MR) is 85.4 cm³/mol. The molecule has 0 spiro atoms. The molecule has 1 heterocycles. The van der Waals surface area contributed by atoms with E-state index in [0.717, 1.165) is 9.42 Å². The van der Waals surface area contributed by atoms with Crippen LogP contribution >= 0.6 is 0 Å². The van der Waals surface area contributed by atoms with Crippen LogP contribution in [0.4, 0.5) is 10.5 Å². The van der Waals surface area contributed by atoms with E-state index in [1.807, 2.05) is 0 Å². The van der Waals surface area contributed by atoms with Crippen LogP contribution in [0.15, 0.2) is 24.3 Å². The van der Waals surface area contributed by atoms with E-state index in [9.17, 15) is 23.3 Å². The van der Waals surface area contributed by atoms with E-state index < -0.39 is 21.0 Å². The van der Waals surface area contributed by atoms with Gasteiger partial charge in [-0.25, -0.2) is 18.2 Å². The van der Waals surface area contributed by atoms with Crippen LogP contribution < -0.4 is 0 Å². The normalized spacial score (nSPS) is 16.0. The number of nitro benzene ring substituents is 1. The first-order chi connectivity index (χ1) is 11.3. The second kappa shape index (κ2) is 7.58. The fourth-order valence-electron chi connectivity index (χ4n) is 2.41. The molecule has 1 aliphatic rings. The quantitative estimate of drug-likeness (QED) is 0.588. The Bertz CT molecular complexity index is 704. The van der Waals surface area contributed by atoms with Gasteiger partial charge in [-0.3, -0.25) is 10.1 Å². The van der Waals surface area contributed by atoms with E-state index in [0.29, 0.717) is 18.4 Å². The van der Waals surface area contributed by atoms with Gasteiger partial charge in [-0.15, -0.1) is 4.41 Å². The van der Waals surface area contributed by atoms with Gasteiger partial charge in [0.05, 0.1) is 17.3 Å². The Kier molecular flexibility index (Phi) is 5.73. The molecule has 9 nitrogen and oxygen atoms in total. The summed E-state index contributed by atoms with van der Waals surface area (Å²) in [5.74, 6) is -0.346. The Morgan fingerprint density at radius 3 is 2.46 bits per heavy atom. The van der Waals surface area contributed by atoms with E-state index in [1.54, 1.807) is 6.92 Å². The fourth-order valence-corrected chi connectivity index (χ4v) is 4.03. The number of nitrogens with zero attached hydrogens (tertiary/aromatic N) is 3. The van der Waals surface area contributed by atoms with Crippen LogP contribution in [0.25, 0.3) is 0 Å². The molecule has 10 heteroatoms. The predicted octanol–water partition coefficient (Wildman–Crippen LogP) is 1.89. The Morgan fingerprint density at radius 2 is 1.88 bits per heavy atom. The minimum absolute atomic E-state index is 0.109. The third-order valence-electron chi connectivity index (χ3n) is 3.53. The highest BCUT2D eigenvalue weighted by Gasteiger charge is 2.34. The Morgan fingerprint density at radius 1 is 1.25 bits per heavy atom. The number of hydrazine groups is 1. The van der Waals surface area contributed by atoms with Gasteiger partial charge in [0.25, 0.3) is 5.69 Å². The average Bonchev–Trinajstić information content (AvgIpc) is 2.55. The Hall–Kier alpha value is -2.20. The van der Waals surface area contributed by atoms with Crippen molar-refractivity contribution >= 4 is 21.8 Å². The largest absolute Gasteiger partial charge is 0.449 e. The summed E-state index contributed by atoms with van der Waals surface area (Å²) in [5, 5.41) is 11.8. The lowest BCUT2D eigenvalue weighted by Gasteiger charge is -2.36. The molecule has 0 radical (unpaired) electrons. The van der Waals surface area contributed by atoms with Crippen LogP contribution in [0.5, 0.6) is 0 Å². The third-order valence-corrected chi connectivity index (χ3v) is 5.25. The molecule has 0 saturated carbocycles. The van der Waals surface area contributed by atoms with Crippen LogP contribution in [0.2, 0.25) is 0 Å². The summed E-state index contributed by atoms with van der Waals surface area (Å²) < 4.78 is 31.2. The number of carbonyl (C=O) groups excluding carboxylic acids is 1. The molecule has 1 aromatic carbocycles. The Balaban J connectivity index is 2.17. The minimum atomic E-state index is -3.79. The highest BCUT2D eigenvalue weighted by atomic mass is 32.2. The zero-order valence-corrected chi connectivity index (χ0v) is 14.1.